The van der Waals surface area contributed by atoms with Gasteiger partial charge >= 0.3 is 0 Å². The molecule has 7 heteroatoms. The molecule has 0 unspecified atom stereocenters. The first-order valence-corrected chi connectivity index (χ1v) is 7.39. The third kappa shape index (κ3) is 2.96. The normalized spacial score (nSPS) is 19.1. The Morgan fingerprint density at radius 1 is 1.22 bits per heavy atom. The van der Waals surface area contributed by atoms with Crippen LogP contribution in [0.1, 0.15) is 22.2 Å². The summed E-state index contributed by atoms with van der Waals surface area (Å²) in [6.07, 6.45) is 3.58. The maximum Gasteiger partial charge on any atom is 0.254 e. The number of aromatic nitrogens is 2. The highest BCUT2D eigenvalue weighted by Gasteiger charge is 2.31. The minimum absolute atomic E-state index is 0.0296. The van der Waals surface area contributed by atoms with Crippen molar-refractivity contribution >= 4 is 5.91 Å². The molecule has 2 heterocycles. The van der Waals surface area contributed by atoms with Crippen molar-refractivity contribution in [1.29, 1.82) is 0 Å². The largest absolute Gasteiger partial charge is 0.337 e. The number of carbonyl (C=O) groups is 1. The van der Waals surface area contributed by atoms with Gasteiger partial charge in [-0.3, -0.25) is 9.69 Å². The fraction of sp³-hybridized carbons (Fsp3) is 0.375. The monoisotopic (exact) mass is 320 g/mol. The third-order valence-electron chi connectivity index (χ3n) is 4.26. The number of hydrogen-bond donors (Lipinski definition) is 0. The van der Waals surface area contributed by atoms with E-state index in [0.29, 0.717) is 19.6 Å². The molecule has 1 aliphatic heterocycles. The molecule has 0 bridgehead atoms. The summed E-state index contributed by atoms with van der Waals surface area (Å²) in [6, 6.07) is 3.22. The standard InChI is InChI=1S/C16H18F2N4O/c1-20-7-8-22(10-14(20)15-19-5-6-21(15)2)16(23)11-3-4-12(17)13(18)9-11/h3-6,9,14H,7-8,10H2,1-2H3/t14-/m1/s1. The van der Waals surface area contributed by atoms with Crippen molar-refractivity contribution in [2.45, 2.75) is 6.04 Å². The zero-order chi connectivity index (χ0) is 16.6. The summed E-state index contributed by atoms with van der Waals surface area (Å²) in [4.78, 5) is 20.7. The van der Waals surface area contributed by atoms with Crippen molar-refractivity contribution < 1.29 is 13.6 Å². The number of piperazine rings is 1. The van der Waals surface area contributed by atoms with E-state index < -0.39 is 11.6 Å². The molecule has 3 rings (SSSR count). The van der Waals surface area contributed by atoms with E-state index in [9.17, 15) is 13.6 Å². The van der Waals surface area contributed by atoms with Crippen LogP contribution in [0.4, 0.5) is 8.78 Å². The van der Waals surface area contributed by atoms with E-state index in [-0.39, 0.29) is 17.5 Å². The number of likely N-dealkylation sites (N-methyl/N-ethyl adjacent to an activating group) is 1. The van der Waals surface area contributed by atoms with Gasteiger partial charge in [0.25, 0.3) is 5.91 Å². The van der Waals surface area contributed by atoms with Gasteiger partial charge in [-0.15, -0.1) is 0 Å². The maximum atomic E-state index is 13.4. The van der Waals surface area contributed by atoms with E-state index in [1.165, 1.54) is 6.07 Å². The molecule has 0 spiro atoms. The first-order chi connectivity index (χ1) is 11.0. The summed E-state index contributed by atoms with van der Waals surface area (Å²) in [7, 11) is 3.89. The Balaban J connectivity index is 1.82. The highest BCUT2D eigenvalue weighted by atomic mass is 19.2. The molecule has 2 aromatic rings. The van der Waals surface area contributed by atoms with Gasteiger partial charge in [0.2, 0.25) is 0 Å². The first kappa shape index (κ1) is 15.6. The van der Waals surface area contributed by atoms with Crippen molar-refractivity contribution in [1.82, 2.24) is 19.4 Å². The molecule has 23 heavy (non-hydrogen) atoms. The van der Waals surface area contributed by atoms with Crippen molar-refractivity contribution in [3.05, 3.63) is 53.6 Å². The molecule has 0 N–H and O–H groups in total. The smallest absolute Gasteiger partial charge is 0.254 e. The second-order valence-corrected chi connectivity index (χ2v) is 5.77. The summed E-state index contributed by atoms with van der Waals surface area (Å²) in [6.45, 7) is 1.68. The number of rotatable bonds is 2. The van der Waals surface area contributed by atoms with E-state index in [2.05, 4.69) is 9.88 Å². The average molecular weight is 320 g/mol. The van der Waals surface area contributed by atoms with Gasteiger partial charge in [-0.1, -0.05) is 0 Å². The molecule has 1 aromatic carbocycles. The predicted octanol–water partition coefficient (Wildman–Crippen LogP) is 1.83. The SMILES string of the molecule is CN1CCN(C(=O)c2ccc(F)c(F)c2)C[C@@H]1c1nccn1C. The Morgan fingerprint density at radius 3 is 2.65 bits per heavy atom. The highest BCUT2D eigenvalue weighted by molar-refractivity contribution is 5.94. The van der Waals surface area contributed by atoms with Crippen molar-refractivity contribution in [2.24, 2.45) is 7.05 Å². The van der Waals surface area contributed by atoms with Crippen LogP contribution in [0, 0.1) is 11.6 Å². The van der Waals surface area contributed by atoms with E-state index in [1.807, 2.05) is 24.9 Å². The van der Waals surface area contributed by atoms with Crippen LogP contribution < -0.4 is 0 Å². The van der Waals surface area contributed by atoms with Gasteiger partial charge in [-0.05, 0) is 25.2 Å². The van der Waals surface area contributed by atoms with Crippen LogP contribution in [0.25, 0.3) is 0 Å². The lowest BCUT2D eigenvalue weighted by Crippen LogP contribution is -2.49. The van der Waals surface area contributed by atoms with Crippen LogP contribution in [0.2, 0.25) is 0 Å². The third-order valence-corrected chi connectivity index (χ3v) is 4.26. The molecular formula is C16H18F2N4O. The second-order valence-electron chi connectivity index (χ2n) is 5.77. The summed E-state index contributed by atoms with van der Waals surface area (Å²) in [5.41, 5.74) is 0.159. The Kier molecular flexibility index (Phi) is 4.12. The molecule has 5 nitrogen and oxygen atoms in total. The molecule has 122 valence electrons. The number of hydrogen-bond acceptors (Lipinski definition) is 3. The number of carbonyl (C=O) groups excluding carboxylic acids is 1. The van der Waals surface area contributed by atoms with Gasteiger partial charge in [0.15, 0.2) is 11.6 Å². The van der Waals surface area contributed by atoms with Crippen LogP contribution in [-0.2, 0) is 7.05 Å². The molecule has 1 fully saturated rings. The number of imidazole rings is 1. The molecule has 0 saturated carbocycles. The van der Waals surface area contributed by atoms with Gasteiger partial charge in [-0.25, -0.2) is 13.8 Å². The molecule has 1 atom stereocenters. The minimum Gasteiger partial charge on any atom is -0.337 e. The van der Waals surface area contributed by atoms with Crippen molar-refractivity contribution in [3.63, 3.8) is 0 Å². The lowest BCUT2D eigenvalue weighted by molar-refractivity contribution is 0.0528. The van der Waals surface area contributed by atoms with Crippen LogP contribution in [0.3, 0.4) is 0 Å². The summed E-state index contributed by atoms with van der Waals surface area (Å²) >= 11 is 0. The zero-order valence-electron chi connectivity index (χ0n) is 13.0. The van der Waals surface area contributed by atoms with Gasteiger partial charge in [-0.2, -0.15) is 0 Å². The fourth-order valence-electron chi connectivity index (χ4n) is 2.85. The molecule has 1 aliphatic rings. The number of benzene rings is 1. The molecule has 1 aromatic heterocycles. The summed E-state index contributed by atoms with van der Waals surface area (Å²) in [5, 5.41) is 0. The van der Waals surface area contributed by atoms with E-state index in [4.69, 9.17) is 0 Å². The fourth-order valence-corrected chi connectivity index (χ4v) is 2.85. The summed E-state index contributed by atoms with van der Waals surface area (Å²) in [5.74, 6) is -1.39. The Bertz CT molecular complexity index is 731. The minimum atomic E-state index is -1.01. The van der Waals surface area contributed by atoms with Gasteiger partial charge in [0.1, 0.15) is 5.82 Å². The number of halogens is 2. The first-order valence-electron chi connectivity index (χ1n) is 7.39. The van der Waals surface area contributed by atoms with Crippen molar-refractivity contribution in [2.75, 3.05) is 26.7 Å². The Labute approximate surface area is 133 Å². The summed E-state index contributed by atoms with van der Waals surface area (Å²) < 4.78 is 28.3. The predicted molar refractivity (Wildman–Crippen MR) is 80.8 cm³/mol. The number of nitrogens with zero attached hydrogens (tertiary/aromatic N) is 4. The van der Waals surface area contributed by atoms with Crippen LogP contribution >= 0.6 is 0 Å². The number of aryl methyl sites for hydroxylation is 1. The quantitative estimate of drug-likeness (QED) is 0.848. The Morgan fingerprint density at radius 2 is 2.00 bits per heavy atom. The topological polar surface area (TPSA) is 41.4 Å². The Hall–Kier alpha value is -2.28. The molecule has 1 saturated heterocycles. The zero-order valence-corrected chi connectivity index (χ0v) is 13.0. The highest BCUT2D eigenvalue weighted by Crippen LogP contribution is 2.23. The van der Waals surface area contributed by atoms with E-state index >= 15 is 0 Å². The molecular weight excluding hydrogens is 302 g/mol. The number of amides is 1. The molecule has 0 aliphatic carbocycles. The van der Waals surface area contributed by atoms with Crippen molar-refractivity contribution in [3.8, 4) is 0 Å². The lowest BCUT2D eigenvalue weighted by Gasteiger charge is -2.39. The van der Waals surface area contributed by atoms with Crippen LogP contribution in [-0.4, -0.2) is 51.9 Å². The van der Waals surface area contributed by atoms with Crippen LogP contribution in [0.5, 0.6) is 0 Å². The maximum absolute atomic E-state index is 13.4. The average Bonchev–Trinajstić information content (AvgIpc) is 2.96. The van der Waals surface area contributed by atoms with Gasteiger partial charge in [0.05, 0.1) is 6.04 Å². The molecule has 1 amide bonds. The van der Waals surface area contributed by atoms with Gasteiger partial charge < -0.3 is 9.47 Å². The van der Waals surface area contributed by atoms with Gasteiger partial charge in [0, 0.05) is 44.6 Å². The van der Waals surface area contributed by atoms with Crippen LogP contribution in [0.15, 0.2) is 30.6 Å². The lowest BCUT2D eigenvalue weighted by atomic mass is 10.1. The van der Waals surface area contributed by atoms with E-state index in [0.717, 1.165) is 18.0 Å². The van der Waals surface area contributed by atoms with E-state index in [1.54, 1.807) is 11.1 Å². The second kappa shape index (κ2) is 6.08. The molecule has 0 radical (unpaired) electrons.